The Kier molecular flexibility index (Phi) is 5.34. The molecule has 7 heteroatoms. The van der Waals surface area contributed by atoms with E-state index in [0.29, 0.717) is 19.3 Å². The molecule has 2 saturated carbocycles. The molecule has 0 bridgehead atoms. The highest BCUT2D eigenvalue weighted by Crippen LogP contribution is 2.49. The zero-order chi connectivity index (χ0) is 20.7. The Labute approximate surface area is 172 Å². The molecule has 1 N–H and O–H groups in total. The van der Waals surface area contributed by atoms with Crippen molar-refractivity contribution in [1.29, 1.82) is 0 Å². The summed E-state index contributed by atoms with van der Waals surface area (Å²) in [5, 5.41) is 9.58. The molecule has 29 heavy (non-hydrogen) atoms. The van der Waals surface area contributed by atoms with Gasteiger partial charge in [0.05, 0.1) is 25.9 Å². The lowest BCUT2D eigenvalue weighted by Gasteiger charge is -2.50. The van der Waals surface area contributed by atoms with Gasteiger partial charge >= 0.3 is 0 Å². The molecule has 0 radical (unpaired) electrons. The van der Waals surface area contributed by atoms with Crippen molar-refractivity contribution >= 4 is 19.7 Å². The van der Waals surface area contributed by atoms with Gasteiger partial charge in [-0.3, -0.25) is 0 Å². The highest BCUT2D eigenvalue weighted by molar-refractivity contribution is 7.93. The number of aliphatic hydroxyl groups is 1. The van der Waals surface area contributed by atoms with Crippen LogP contribution in [0.25, 0.3) is 0 Å². The van der Waals surface area contributed by atoms with E-state index in [1.807, 2.05) is 0 Å². The first kappa shape index (κ1) is 20.6. The van der Waals surface area contributed by atoms with Crippen LogP contribution in [0.5, 0.6) is 0 Å². The molecule has 0 aliphatic heterocycles. The van der Waals surface area contributed by atoms with Gasteiger partial charge in [0.25, 0.3) is 0 Å². The van der Waals surface area contributed by atoms with Gasteiger partial charge in [0.2, 0.25) is 0 Å². The van der Waals surface area contributed by atoms with Gasteiger partial charge in [-0.2, -0.15) is 0 Å². The Balaban J connectivity index is 1.78. The smallest absolute Gasteiger partial charge is 0.184 e. The van der Waals surface area contributed by atoms with Crippen LogP contribution in [0.3, 0.4) is 0 Å². The van der Waals surface area contributed by atoms with Crippen molar-refractivity contribution in [2.45, 2.75) is 64.4 Å². The van der Waals surface area contributed by atoms with Gasteiger partial charge in [-0.1, -0.05) is 49.2 Å². The third-order valence-electron chi connectivity index (χ3n) is 6.63. The molecule has 4 rings (SSSR count). The normalized spacial score (nSPS) is 30.4. The third-order valence-corrected chi connectivity index (χ3v) is 11.1. The van der Waals surface area contributed by atoms with Crippen LogP contribution in [0.4, 0.5) is 0 Å². The number of sulfone groups is 2. The standard InChI is InChI=1S/C22H26O5S2/c23-22-14-8-7-9-17(22)15-20(28(24,25)18-10-3-1-4-11-18)16-21(22)29(26,27)19-12-5-2-6-13-19/h1-6,10-13,17,20-21,23H,7-9,14-16H2/t17-,20-,21-,22+/m1/s1. The Bertz CT molecular complexity index is 1060. The first-order chi connectivity index (χ1) is 13.8. The van der Waals surface area contributed by atoms with Crippen molar-refractivity contribution in [3.05, 3.63) is 60.7 Å². The van der Waals surface area contributed by atoms with Crippen molar-refractivity contribution in [2.75, 3.05) is 0 Å². The minimum absolute atomic E-state index is 0.0819. The number of hydrogen-bond acceptors (Lipinski definition) is 5. The lowest BCUT2D eigenvalue weighted by atomic mass is 9.67. The fourth-order valence-electron chi connectivity index (χ4n) is 5.08. The second kappa shape index (κ2) is 7.52. The number of rotatable bonds is 4. The van der Waals surface area contributed by atoms with E-state index < -0.39 is 35.8 Å². The molecule has 0 amide bonds. The molecule has 156 valence electrons. The summed E-state index contributed by atoms with van der Waals surface area (Å²) in [4.78, 5) is 0.350. The van der Waals surface area contributed by atoms with Crippen LogP contribution >= 0.6 is 0 Å². The first-order valence-electron chi connectivity index (χ1n) is 10.1. The Morgan fingerprint density at radius 1 is 0.759 bits per heavy atom. The maximum absolute atomic E-state index is 13.5. The molecule has 4 atom stereocenters. The predicted octanol–water partition coefficient (Wildman–Crippen LogP) is 3.39. The van der Waals surface area contributed by atoms with Gasteiger partial charge in [-0.05, 0) is 55.9 Å². The highest BCUT2D eigenvalue weighted by atomic mass is 32.2. The SMILES string of the molecule is O=S(=O)(c1ccccc1)[C@@H]1C[C@H]2CCCC[C@@]2(O)[C@H](S(=O)(=O)c2ccccc2)C1. The van der Waals surface area contributed by atoms with Crippen LogP contribution in [-0.4, -0.2) is 38.0 Å². The van der Waals surface area contributed by atoms with E-state index in [4.69, 9.17) is 0 Å². The van der Waals surface area contributed by atoms with E-state index in [9.17, 15) is 21.9 Å². The minimum Gasteiger partial charge on any atom is -0.388 e. The average Bonchev–Trinajstić information content (AvgIpc) is 2.73. The van der Waals surface area contributed by atoms with Crippen LogP contribution in [-0.2, 0) is 19.7 Å². The molecule has 0 heterocycles. The van der Waals surface area contributed by atoms with Crippen molar-refractivity contribution in [3.8, 4) is 0 Å². The fraction of sp³-hybridized carbons (Fsp3) is 0.455. The van der Waals surface area contributed by atoms with Crippen LogP contribution in [0.1, 0.15) is 38.5 Å². The summed E-state index contributed by atoms with van der Waals surface area (Å²) >= 11 is 0. The molecule has 2 aliphatic rings. The summed E-state index contributed by atoms with van der Waals surface area (Å²) in [5.41, 5.74) is -1.38. The quantitative estimate of drug-likeness (QED) is 0.797. The summed E-state index contributed by atoms with van der Waals surface area (Å²) in [6.07, 6.45) is 2.90. The van der Waals surface area contributed by atoms with Crippen LogP contribution in [0.15, 0.2) is 70.5 Å². The Morgan fingerprint density at radius 3 is 1.90 bits per heavy atom. The van der Waals surface area contributed by atoms with Crippen molar-refractivity contribution in [1.82, 2.24) is 0 Å². The van der Waals surface area contributed by atoms with Crippen molar-refractivity contribution < 1.29 is 21.9 Å². The number of hydrogen-bond donors (Lipinski definition) is 1. The number of benzene rings is 2. The third kappa shape index (κ3) is 3.53. The molecule has 2 aliphatic carbocycles. The van der Waals surface area contributed by atoms with E-state index in [0.717, 1.165) is 12.8 Å². The second-order valence-electron chi connectivity index (χ2n) is 8.23. The largest absolute Gasteiger partial charge is 0.388 e. The summed E-state index contributed by atoms with van der Waals surface area (Å²) < 4.78 is 53.6. The maximum atomic E-state index is 13.5. The molecule has 0 spiro atoms. The molecule has 0 saturated heterocycles. The summed E-state index contributed by atoms with van der Waals surface area (Å²) in [6.45, 7) is 0. The van der Waals surface area contributed by atoms with E-state index >= 15 is 0 Å². The zero-order valence-corrected chi connectivity index (χ0v) is 17.8. The lowest BCUT2D eigenvalue weighted by molar-refractivity contribution is -0.0699. The van der Waals surface area contributed by atoms with Crippen LogP contribution < -0.4 is 0 Å². The first-order valence-corrected chi connectivity index (χ1v) is 13.2. The van der Waals surface area contributed by atoms with Gasteiger partial charge in [-0.25, -0.2) is 16.8 Å². The van der Waals surface area contributed by atoms with E-state index in [2.05, 4.69) is 0 Å². The van der Waals surface area contributed by atoms with Crippen LogP contribution in [0.2, 0.25) is 0 Å². The predicted molar refractivity (Wildman–Crippen MR) is 111 cm³/mol. The second-order valence-corrected chi connectivity index (χ2v) is 12.6. The van der Waals surface area contributed by atoms with Gasteiger partial charge in [-0.15, -0.1) is 0 Å². The fourth-order valence-corrected chi connectivity index (χ4v) is 9.25. The van der Waals surface area contributed by atoms with Gasteiger partial charge < -0.3 is 5.11 Å². The molecule has 2 aromatic carbocycles. The topological polar surface area (TPSA) is 88.5 Å². The van der Waals surface area contributed by atoms with Gasteiger partial charge in [0.15, 0.2) is 19.7 Å². The molecule has 2 aromatic rings. The molecular formula is C22H26O5S2. The molecular weight excluding hydrogens is 408 g/mol. The molecule has 0 unspecified atom stereocenters. The molecule has 5 nitrogen and oxygen atoms in total. The van der Waals surface area contributed by atoms with E-state index in [1.54, 1.807) is 48.5 Å². The van der Waals surface area contributed by atoms with E-state index in [1.165, 1.54) is 12.1 Å². The van der Waals surface area contributed by atoms with Crippen molar-refractivity contribution in [2.24, 2.45) is 5.92 Å². The van der Waals surface area contributed by atoms with Gasteiger partial charge in [0.1, 0.15) is 0 Å². The zero-order valence-electron chi connectivity index (χ0n) is 16.1. The summed E-state index contributed by atoms with van der Waals surface area (Å²) in [5.74, 6) is -0.336. The van der Waals surface area contributed by atoms with Crippen molar-refractivity contribution in [3.63, 3.8) is 0 Å². The van der Waals surface area contributed by atoms with Gasteiger partial charge in [0, 0.05) is 0 Å². The van der Waals surface area contributed by atoms with E-state index in [-0.39, 0.29) is 22.1 Å². The molecule has 2 fully saturated rings. The average molecular weight is 435 g/mol. The highest BCUT2D eigenvalue weighted by Gasteiger charge is 2.57. The monoisotopic (exact) mass is 434 g/mol. The maximum Gasteiger partial charge on any atom is 0.184 e. The number of fused-ring (bicyclic) bond motifs is 1. The summed E-state index contributed by atoms with van der Waals surface area (Å²) in [7, 11) is -7.57. The molecule has 0 aromatic heterocycles. The van der Waals surface area contributed by atoms with Crippen LogP contribution in [0, 0.1) is 5.92 Å². The Hall–Kier alpha value is -1.70. The Morgan fingerprint density at radius 2 is 1.31 bits per heavy atom. The minimum atomic E-state index is -3.88. The lowest BCUT2D eigenvalue weighted by Crippen LogP contribution is -2.59. The summed E-state index contributed by atoms with van der Waals surface area (Å²) in [6, 6.07) is 16.3.